The van der Waals surface area contributed by atoms with Crippen molar-refractivity contribution in [1.29, 1.82) is 0 Å². The number of rotatable bonds is 28. The summed E-state index contributed by atoms with van der Waals surface area (Å²) in [5.74, 6) is 0.274. The predicted molar refractivity (Wildman–Crippen MR) is 226 cm³/mol. The Bertz CT molecular complexity index is 1310. The van der Waals surface area contributed by atoms with E-state index in [-0.39, 0.29) is 81.0 Å². The summed E-state index contributed by atoms with van der Waals surface area (Å²) in [7, 11) is 0. The van der Waals surface area contributed by atoms with Gasteiger partial charge in [0, 0.05) is 110 Å². The fraction of sp³-hybridized carbons (Fsp3) is 1.00. The first kappa shape index (κ1) is 49.3. The van der Waals surface area contributed by atoms with Gasteiger partial charge in [0.1, 0.15) is 18.3 Å². The molecule has 16 atom stereocenters. The maximum atomic E-state index is 6.72. The van der Waals surface area contributed by atoms with Crippen molar-refractivity contribution in [2.24, 2.45) is 5.92 Å². The predicted octanol–water partition coefficient (Wildman–Crippen LogP) is 5.58. The number of unbranched alkanes of at least 4 members (excludes halogenated alkanes) is 1. The first-order chi connectivity index (χ1) is 32.1. The molecule has 18 nitrogen and oxygen atoms in total. The van der Waals surface area contributed by atoms with E-state index in [1.54, 1.807) is 0 Å². The summed E-state index contributed by atoms with van der Waals surface area (Å²) >= 11 is 0. The molecule has 9 aliphatic rings. The monoisotopic (exact) mass is 931 g/mol. The van der Waals surface area contributed by atoms with Crippen LogP contribution in [0, 0.1) is 5.92 Å². The molecule has 16 unspecified atom stereocenters. The third kappa shape index (κ3) is 15.6. The molecular formula is C47H78O18. The highest BCUT2D eigenvalue weighted by Crippen LogP contribution is 2.36. The quantitative estimate of drug-likeness (QED) is 0.0892. The molecule has 9 saturated heterocycles. The maximum Gasteiger partial charge on any atom is 0.158 e. The van der Waals surface area contributed by atoms with Gasteiger partial charge in [-0.2, -0.15) is 0 Å². The highest BCUT2D eigenvalue weighted by Gasteiger charge is 2.42. The minimum absolute atomic E-state index is 0.0282. The molecule has 18 heteroatoms. The minimum Gasteiger partial charge on any atom is -0.353 e. The van der Waals surface area contributed by atoms with E-state index >= 15 is 0 Å². The lowest BCUT2D eigenvalue weighted by Gasteiger charge is -2.32. The molecule has 0 spiro atoms. The average molecular weight is 931 g/mol. The molecule has 0 aromatic carbocycles. The molecule has 0 aromatic heterocycles. The molecule has 9 aliphatic heterocycles. The zero-order valence-corrected chi connectivity index (χ0v) is 38.5. The van der Waals surface area contributed by atoms with Gasteiger partial charge in [-0.25, -0.2) is 0 Å². The molecule has 0 aromatic rings. The Kier molecular flexibility index (Phi) is 20.1. The Labute approximate surface area is 385 Å². The second kappa shape index (κ2) is 26.5. The van der Waals surface area contributed by atoms with Gasteiger partial charge in [0.25, 0.3) is 0 Å². The number of ether oxygens (including phenoxy) is 18. The van der Waals surface area contributed by atoms with Gasteiger partial charge in [-0.15, -0.1) is 0 Å². The highest BCUT2D eigenvalue weighted by molar-refractivity contribution is 4.85. The van der Waals surface area contributed by atoms with E-state index in [2.05, 4.69) is 0 Å². The number of hydrogen-bond acceptors (Lipinski definition) is 18. The molecule has 0 radical (unpaired) electrons. The SMILES string of the molecule is C(CCOC1CC(C2CCC(OCC(COC3CCCO3)OC3CCC(C4CCC(OC(COC5CCCO5)C(COC5CCCO5)OC5CCCO5)O4)O3)O2)CO1)COC1CCCO1. The lowest BCUT2D eigenvalue weighted by atomic mass is 9.99. The Morgan fingerprint density at radius 2 is 0.785 bits per heavy atom. The summed E-state index contributed by atoms with van der Waals surface area (Å²) in [4.78, 5) is 0. The summed E-state index contributed by atoms with van der Waals surface area (Å²) in [6, 6.07) is 0. The van der Waals surface area contributed by atoms with Crippen molar-refractivity contribution in [1.82, 2.24) is 0 Å². The van der Waals surface area contributed by atoms with Crippen LogP contribution in [0.3, 0.4) is 0 Å². The molecule has 0 aliphatic carbocycles. The number of hydrogen-bond donors (Lipinski definition) is 0. The Morgan fingerprint density at radius 3 is 1.34 bits per heavy atom. The van der Waals surface area contributed by atoms with Crippen molar-refractivity contribution in [2.45, 2.75) is 215 Å². The van der Waals surface area contributed by atoms with E-state index in [4.69, 9.17) is 85.3 Å². The zero-order chi connectivity index (χ0) is 43.9. The largest absolute Gasteiger partial charge is 0.353 e. The van der Waals surface area contributed by atoms with Crippen molar-refractivity contribution >= 4 is 0 Å². The van der Waals surface area contributed by atoms with Crippen molar-refractivity contribution in [3.63, 3.8) is 0 Å². The first-order valence-electron chi connectivity index (χ1n) is 25.5. The summed E-state index contributed by atoms with van der Waals surface area (Å²) in [5, 5.41) is 0. The molecule has 374 valence electrons. The Hall–Kier alpha value is -0.720. The zero-order valence-electron chi connectivity index (χ0n) is 38.5. The van der Waals surface area contributed by atoms with E-state index in [1.807, 2.05) is 0 Å². The van der Waals surface area contributed by atoms with Crippen molar-refractivity contribution < 1.29 is 85.3 Å². The van der Waals surface area contributed by atoms with E-state index in [0.717, 1.165) is 122 Å². The molecule has 0 saturated carbocycles. The van der Waals surface area contributed by atoms with Gasteiger partial charge in [-0.05, 0) is 64.2 Å². The van der Waals surface area contributed by atoms with Crippen LogP contribution in [-0.2, 0) is 85.3 Å². The summed E-state index contributed by atoms with van der Waals surface area (Å²) in [6.07, 6.45) is 12.9. The lowest BCUT2D eigenvalue weighted by Crippen LogP contribution is -2.44. The van der Waals surface area contributed by atoms with Crippen LogP contribution < -0.4 is 0 Å². The second-order valence-corrected chi connectivity index (χ2v) is 18.9. The van der Waals surface area contributed by atoms with Crippen molar-refractivity contribution in [3.8, 4) is 0 Å². The molecule has 9 rings (SSSR count). The van der Waals surface area contributed by atoms with Gasteiger partial charge >= 0.3 is 0 Å². The summed E-state index contributed by atoms with van der Waals surface area (Å²) in [5.41, 5.74) is 0. The van der Waals surface area contributed by atoms with Crippen LogP contribution in [0.1, 0.15) is 122 Å². The summed E-state index contributed by atoms with van der Waals surface area (Å²) < 4.78 is 111. The van der Waals surface area contributed by atoms with Crippen LogP contribution in [-0.4, -0.2) is 173 Å². The molecule has 0 amide bonds. The molecule has 0 bridgehead atoms. The maximum absolute atomic E-state index is 6.72. The lowest BCUT2D eigenvalue weighted by molar-refractivity contribution is -0.265. The van der Waals surface area contributed by atoms with E-state index in [9.17, 15) is 0 Å². The Balaban J connectivity index is 0.712. The van der Waals surface area contributed by atoms with Crippen LogP contribution in [0.5, 0.6) is 0 Å². The molecule has 65 heavy (non-hydrogen) atoms. The third-order valence-corrected chi connectivity index (χ3v) is 13.8. The van der Waals surface area contributed by atoms with Crippen LogP contribution in [0.2, 0.25) is 0 Å². The average Bonchev–Trinajstić information content (AvgIpc) is 4.17. The topological polar surface area (TPSA) is 166 Å². The van der Waals surface area contributed by atoms with E-state index in [1.165, 1.54) is 0 Å². The van der Waals surface area contributed by atoms with Gasteiger partial charge < -0.3 is 85.3 Å². The molecule has 9 heterocycles. The smallest absolute Gasteiger partial charge is 0.158 e. The molecular weight excluding hydrogens is 852 g/mol. The third-order valence-electron chi connectivity index (χ3n) is 13.8. The van der Waals surface area contributed by atoms with Gasteiger partial charge in [-0.3, -0.25) is 0 Å². The van der Waals surface area contributed by atoms with Crippen molar-refractivity contribution in [2.75, 3.05) is 79.3 Å². The summed E-state index contributed by atoms with van der Waals surface area (Å²) in [6.45, 7) is 6.78. The van der Waals surface area contributed by atoms with Gasteiger partial charge in [-0.1, -0.05) is 0 Å². The van der Waals surface area contributed by atoms with Crippen molar-refractivity contribution in [3.05, 3.63) is 0 Å². The fourth-order valence-electron chi connectivity index (χ4n) is 10.1. The molecule has 0 N–H and O–H groups in total. The minimum atomic E-state index is -0.474. The van der Waals surface area contributed by atoms with Gasteiger partial charge in [0.05, 0.1) is 51.3 Å². The highest BCUT2D eigenvalue weighted by atomic mass is 16.8. The van der Waals surface area contributed by atoms with Crippen LogP contribution in [0.4, 0.5) is 0 Å². The van der Waals surface area contributed by atoms with Gasteiger partial charge in [0.15, 0.2) is 56.6 Å². The Morgan fingerprint density at radius 1 is 0.354 bits per heavy atom. The van der Waals surface area contributed by atoms with Crippen LogP contribution in [0.15, 0.2) is 0 Å². The van der Waals surface area contributed by atoms with E-state index in [0.29, 0.717) is 72.5 Å². The van der Waals surface area contributed by atoms with Gasteiger partial charge in [0.2, 0.25) is 0 Å². The van der Waals surface area contributed by atoms with E-state index < -0.39 is 24.8 Å². The normalized spacial score (nSPS) is 39.0. The first-order valence-corrected chi connectivity index (χ1v) is 25.5. The van der Waals surface area contributed by atoms with Crippen LogP contribution in [0.25, 0.3) is 0 Å². The molecule has 9 fully saturated rings. The standard InChI is InChI=1S/C47H78O18/c1(19-48-39-8-3-21-49-39)2-20-54-47-26-32(27-55-47)34-13-16-44(61-34)57-29-33(28-56-40-9-4-22-50-40)60-45-17-14-35(62-45)36-15-18-46(63-36)65-38(31-59-42-11-6-24-52-42)37(64-43-12-7-25-53-43)30-58-41-10-5-23-51-41/h32-47H,1-31H2. The fourth-order valence-corrected chi connectivity index (χ4v) is 10.1. The van der Waals surface area contributed by atoms with Crippen LogP contribution >= 0.6 is 0 Å². The second-order valence-electron chi connectivity index (χ2n) is 18.9.